The lowest BCUT2D eigenvalue weighted by atomic mass is 9.84. The third-order valence-corrected chi connectivity index (χ3v) is 4.51. The van der Waals surface area contributed by atoms with Crippen LogP contribution >= 0.6 is 0 Å². The SMILES string of the molecule is OC1CCCCC1Cc1nc(C2CCCC2)no1. The van der Waals surface area contributed by atoms with Crippen molar-refractivity contribution in [2.45, 2.75) is 69.8 Å². The van der Waals surface area contributed by atoms with Crippen LogP contribution in [0, 0.1) is 5.92 Å². The molecule has 3 rings (SSSR count). The summed E-state index contributed by atoms with van der Waals surface area (Å²) >= 11 is 0. The third-order valence-electron chi connectivity index (χ3n) is 4.51. The molecule has 0 bridgehead atoms. The number of aliphatic hydroxyl groups is 1. The van der Waals surface area contributed by atoms with Crippen LogP contribution in [0.25, 0.3) is 0 Å². The first kappa shape index (κ1) is 12.2. The van der Waals surface area contributed by atoms with Gasteiger partial charge in [0.2, 0.25) is 5.89 Å². The van der Waals surface area contributed by atoms with Gasteiger partial charge >= 0.3 is 0 Å². The van der Waals surface area contributed by atoms with E-state index in [2.05, 4.69) is 10.1 Å². The van der Waals surface area contributed by atoms with Gasteiger partial charge in [-0.05, 0) is 31.6 Å². The lowest BCUT2D eigenvalue weighted by Crippen LogP contribution is -2.26. The molecule has 2 aliphatic rings. The maximum Gasteiger partial charge on any atom is 0.227 e. The van der Waals surface area contributed by atoms with Crippen LogP contribution in [0.5, 0.6) is 0 Å². The van der Waals surface area contributed by atoms with Crippen molar-refractivity contribution in [3.05, 3.63) is 11.7 Å². The van der Waals surface area contributed by atoms with E-state index in [1.165, 1.54) is 32.1 Å². The largest absolute Gasteiger partial charge is 0.393 e. The van der Waals surface area contributed by atoms with Crippen molar-refractivity contribution < 1.29 is 9.63 Å². The summed E-state index contributed by atoms with van der Waals surface area (Å²) in [5.74, 6) is 2.45. The molecule has 4 nitrogen and oxygen atoms in total. The van der Waals surface area contributed by atoms with Crippen LogP contribution in [0.3, 0.4) is 0 Å². The van der Waals surface area contributed by atoms with Crippen LogP contribution in [0.1, 0.15) is 69.0 Å². The summed E-state index contributed by atoms with van der Waals surface area (Å²) in [4.78, 5) is 4.53. The van der Waals surface area contributed by atoms with E-state index in [0.29, 0.717) is 11.8 Å². The minimum atomic E-state index is -0.180. The quantitative estimate of drug-likeness (QED) is 0.896. The van der Waals surface area contributed by atoms with Crippen LogP contribution in [0.4, 0.5) is 0 Å². The maximum absolute atomic E-state index is 9.96. The molecule has 0 aliphatic heterocycles. The Labute approximate surface area is 108 Å². The van der Waals surface area contributed by atoms with Crippen LogP contribution < -0.4 is 0 Å². The number of hydrogen-bond donors (Lipinski definition) is 1. The molecule has 0 saturated heterocycles. The zero-order valence-electron chi connectivity index (χ0n) is 10.8. The van der Waals surface area contributed by atoms with E-state index in [-0.39, 0.29) is 6.10 Å². The van der Waals surface area contributed by atoms with Gasteiger partial charge in [-0.1, -0.05) is 30.8 Å². The molecular weight excluding hydrogens is 228 g/mol. The van der Waals surface area contributed by atoms with Crippen molar-refractivity contribution in [1.82, 2.24) is 10.1 Å². The summed E-state index contributed by atoms with van der Waals surface area (Å²) in [7, 11) is 0. The molecule has 1 aromatic rings. The smallest absolute Gasteiger partial charge is 0.227 e. The molecule has 2 saturated carbocycles. The average Bonchev–Trinajstić information content (AvgIpc) is 3.02. The Morgan fingerprint density at radius 3 is 2.56 bits per heavy atom. The molecule has 0 spiro atoms. The van der Waals surface area contributed by atoms with Crippen LogP contribution in [0.2, 0.25) is 0 Å². The summed E-state index contributed by atoms with van der Waals surface area (Å²) in [6.07, 6.45) is 9.92. The fourth-order valence-corrected chi connectivity index (χ4v) is 3.35. The Morgan fingerprint density at radius 2 is 1.78 bits per heavy atom. The molecule has 2 aliphatic carbocycles. The topological polar surface area (TPSA) is 59.2 Å². The first-order chi connectivity index (χ1) is 8.83. The van der Waals surface area contributed by atoms with Gasteiger partial charge in [0.1, 0.15) is 0 Å². The molecular formula is C14H22N2O2. The maximum atomic E-state index is 9.96. The molecule has 4 heteroatoms. The molecule has 2 unspecified atom stereocenters. The minimum absolute atomic E-state index is 0.180. The number of nitrogens with zero attached hydrogens (tertiary/aromatic N) is 2. The highest BCUT2D eigenvalue weighted by Crippen LogP contribution is 2.33. The van der Waals surface area contributed by atoms with E-state index < -0.39 is 0 Å². The Morgan fingerprint density at radius 1 is 1.06 bits per heavy atom. The highest BCUT2D eigenvalue weighted by Gasteiger charge is 2.27. The lowest BCUT2D eigenvalue weighted by molar-refractivity contribution is 0.0657. The van der Waals surface area contributed by atoms with E-state index >= 15 is 0 Å². The first-order valence-electron chi connectivity index (χ1n) is 7.33. The van der Waals surface area contributed by atoms with Crippen molar-refractivity contribution >= 4 is 0 Å². The summed E-state index contributed by atoms with van der Waals surface area (Å²) in [6.45, 7) is 0. The number of aromatic nitrogens is 2. The van der Waals surface area contributed by atoms with Crippen molar-refractivity contribution in [3.8, 4) is 0 Å². The standard InChI is InChI=1S/C14H22N2O2/c17-12-8-4-3-7-11(12)9-13-15-14(16-18-13)10-5-1-2-6-10/h10-12,17H,1-9H2. The number of aliphatic hydroxyl groups excluding tert-OH is 1. The molecule has 1 N–H and O–H groups in total. The molecule has 2 atom stereocenters. The highest BCUT2D eigenvalue weighted by atomic mass is 16.5. The van der Waals surface area contributed by atoms with Crippen molar-refractivity contribution in [3.63, 3.8) is 0 Å². The van der Waals surface area contributed by atoms with Gasteiger partial charge in [0.25, 0.3) is 0 Å². The van der Waals surface area contributed by atoms with Gasteiger partial charge in [-0.25, -0.2) is 0 Å². The molecule has 1 heterocycles. The summed E-state index contributed by atoms with van der Waals surface area (Å²) in [5, 5.41) is 14.1. The predicted octanol–water partition coefficient (Wildman–Crippen LogP) is 2.82. The molecule has 2 fully saturated rings. The van der Waals surface area contributed by atoms with Gasteiger partial charge in [0, 0.05) is 12.3 Å². The summed E-state index contributed by atoms with van der Waals surface area (Å²) in [6, 6.07) is 0. The molecule has 100 valence electrons. The Hall–Kier alpha value is -0.900. The number of rotatable bonds is 3. The fourth-order valence-electron chi connectivity index (χ4n) is 3.35. The second kappa shape index (κ2) is 5.39. The van der Waals surface area contributed by atoms with Crippen LogP contribution in [0.15, 0.2) is 4.52 Å². The van der Waals surface area contributed by atoms with Crippen molar-refractivity contribution in [1.29, 1.82) is 0 Å². The zero-order valence-corrected chi connectivity index (χ0v) is 10.8. The second-order valence-electron chi connectivity index (χ2n) is 5.84. The van der Waals surface area contributed by atoms with E-state index in [1.807, 2.05) is 0 Å². The van der Waals surface area contributed by atoms with Crippen molar-refractivity contribution in [2.24, 2.45) is 5.92 Å². The summed E-state index contributed by atoms with van der Waals surface area (Å²) < 4.78 is 5.36. The predicted molar refractivity (Wildman–Crippen MR) is 67.2 cm³/mol. The highest BCUT2D eigenvalue weighted by molar-refractivity contribution is 4.98. The van der Waals surface area contributed by atoms with Gasteiger partial charge in [0.15, 0.2) is 5.82 Å². The second-order valence-corrected chi connectivity index (χ2v) is 5.84. The van der Waals surface area contributed by atoms with E-state index in [9.17, 15) is 5.11 Å². The molecule has 0 amide bonds. The van der Waals surface area contributed by atoms with Gasteiger partial charge in [-0.15, -0.1) is 0 Å². The van der Waals surface area contributed by atoms with Crippen molar-refractivity contribution in [2.75, 3.05) is 0 Å². The fraction of sp³-hybridized carbons (Fsp3) is 0.857. The minimum Gasteiger partial charge on any atom is -0.393 e. The normalized spacial score (nSPS) is 29.8. The van der Waals surface area contributed by atoms with Gasteiger partial charge in [0.05, 0.1) is 6.10 Å². The van der Waals surface area contributed by atoms with E-state index in [1.54, 1.807) is 0 Å². The molecule has 0 radical (unpaired) electrons. The van der Waals surface area contributed by atoms with Crippen LogP contribution in [-0.2, 0) is 6.42 Å². The Balaban J connectivity index is 1.62. The first-order valence-corrected chi connectivity index (χ1v) is 7.33. The Bertz CT molecular complexity index is 385. The third kappa shape index (κ3) is 2.58. The zero-order chi connectivity index (χ0) is 12.4. The lowest BCUT2D eigenvalue weighted by Gasteiger charge is -2.26. The molecule has 18 heavy (non-hydrogen) atoms. The molecule has 0 aromatic carbocycles. The molecule has 1 aromatic heterocycles. The monoisotopic (exact) mass is 250 g/mol. The van der Waals surface area contributed by atoms with E-state index in [4.69, 9.17) is 4.52 Å². The summed E-state index contributed by atoms with van der Waals surface area (Å²) in [5.41, 5.74) is 0. The number of hydrogen-bond acceptors (Lipinski definition) is 4. The van der Waals surface area contributed by atoms with Gasteiger partial charge < -0.3 is 9.63 Å². The van der Waals surface area contributed by atoms with Crippen LogP contribution in [-0.4, -0.2) is 21.4 Å². The Kier molecular flexibility index (Phi) is 3.64. The van der Waals surface area contributed by atoms with E-state index in [0.717, 1.165) is 37.4 Å². The average molecular weight is 250 g/mol. The van der Waals surface area contributed by atoms with Gasteiger partial charge in [-0.2, -0.15) is 4.98 Å². The van der Waals surface area contributed by atoms with Gasteiger partial charge in [-0.3, -0.25) is 0 Å².